The van der Waals surface area contributed by atoms with Crippen LogP contribution >= 0.6 is 15.9 Å². The molecule has 0 bridgehead atoms. The highest BCUT2D eigenvalue weighted by molar-refractivity contribution is 9.10. The number of rotatable bonds is 6. The highest BCUT2D eigenvalue weighted by Gasteiger charge is 2.31. The van der Waals surface area contributed by atoms with Crippen LogP contribution in [0.3, 0.4) is 0 Å². The number of halogens is 1. The van der Waals surface area contributed by atoms with Gasteiger partial charge < -0.3 is 10.1 Å². The van der Waals surface area contributed by atoms with Gasteiger partial charge in [0.2, 0.25) is 10.0 Å². The maximum atomic E-state index is 13.1. The molecule has 1 N–H and O–H groups in total. The lowest BCUT2D eigenvalue weighted by atomic mass is 10.1. The molecule has 1 aromatic carbocycles. The molecule has 8 nitrogen and oxygen atoms in total. The van der Waals surface area contributed by atoms with Gasteiger partial charge in [0, 0.05) is 41.6 Å². The van der Waals surface area contributed by atoms with Crippen LogP contribution in [0.4, 0.5) is 0 Å². The molecule has 0 radical (unpaired) electrons. The van der Waals surface area contributed by atoms with E-state index in [0.717, 1.165) is 0 Å². The van der Waals surface area contributed by atoms with Gasteiger partial charge in [-0.2, -0.15) is 4.31 Å². The summed E-state index contributed by atoms with van der Waals surface area (Å²) in [6.07, 6.45) is 4.12. The van der Waals surface area contributed by atoms with Crippen molar-refractivity contribution >= 4 is 37.8 Å². The lowest BCUT2D eigenvalue weighted by molar-refractivity contribution is 0.0526. The predicted molar refractivity (Wildman–Crippen MR) is 114 cm³/mol. The van der Waals surface area contributed by atoms with Crippen molar-refractivity contribution in [2.45, 2.75) is 30.7 Å². The lowest BCUT2D eigenvalue weighted by Gasteiger charge is -2.31. The summed E-state index contributed by atoms with van der Waals surface area (Å²) < 4.78 is 32.7. The van der Waals surface area contributed by atoms with Crippen LogP contribution in [-0.2, 0) is 14.8 Å². The van der Waals surface area contributed by atoms with Crippen molar-refractivity contribution in [3.05, 3.63) is 58.3 Å². The van der Waals surface area contributed by atoms with Crippen LogP contribution in [0.1, 0.15) is 40.5 Å². The molecule has 0 saturated carbocycles. The first-order valence-corrected chi connectivity index (χ1v) is 11.7. The number of sulfonamides is 1. The predicted octanol–water partition coefficient (Wildman–Crippen LogP) is 2.60. The summed E-state index contributed by atoms with van der Waals surface area (Å²) in [5.74, 6) is -0.705. The van der Waals surface area contributed by atoms with Crippen LogP contribution in [0.15, 0.2) is 52.1 Å². The Kier molecular flexibility index (Phi) is 7.22. The SMILES string of the molecule is CCOC(=O)c1ccc(S(=O)(=O)N2CCC(NC(=O)c3ccncc3)CC2)c(Br)c1. The van der Waals surface area contributed by atoms with Crippen LogP contribution in [0.25, 0.3) is 0 Å². The lowest BCUT2D eigenvalue weighted by Crippen LogP contribution is -2.46. The first-order chi connectivity index (χ1) is 14.3. The topological polar surface area (TPSA) is 106 Å². The molecular formula is C20H22BrN3O5S. The van der Waals surface area contributed by atoms with E-state index in [1.54, 1.807) is 31.5 Å². The van der Waals surface area contributed by atoms with Gasteiger partial charge in [0.05, 0.1) is 17.1 Å². The molecule has 1 saturated heterocycles. The maximum absolute atomic E-state index is 13.1. The summed E-state index contributed by atoms with van der Waals surface area (Å²) in [6.45, 7) is 2.52. The van der Waals surface area contributed by atoms with Gasteiger partial charge in [0.25, 0.3) is 5.91 Å². The first-order valence-electron chi connectivity index (χ1n) is 9.50. The second-order valence-electron chi connectivity index (χ2n) is 6.75. The summed E-state index contributed by atoms with van der Waals surface area (Å²) in [7, 11) is -3.74. The number of hydrogen-bond acceptors (Lipinski definition) is 6. The fourth-order valence-corrected chi connectivity index (χ4v) is 5.71. The van der Waals surface area contributed by atoms with E-state index in [-0.39, 0.29) is 42.1 Å². The molecule has 1 aliphatic heterocycles. The van der Waals surface area contributed by atoms with Gasteiger partial charge in [0.15, 0.2) is 0 Å². The van der Waals surface area contributed by atoms with Gasteiger partial charge in [-0.3, -0.25) is 9.78 Å². The molecule has 3 rings (SSSR count). The molecule has 1 aromatic heterocycles. The molecule has 1 fully saturated rings. The second-order valence-corrected chi connectivity index (χ2v) is 9.51. The molecule has 0 spiro atoms. The summed E-state index contributed by atoms with van der Waals surface area (Å²) in [5, 5.41) is 2.94. The molecule has 2 aromatic rings. The number of amides is 1. The van der Waals surface area contributed by atoms with Gasteiger partial charge in [-0.15, -0.1) is 0 Å². The highest BCUT2D eigenvalue weighted by atomic mass is 79.9. The van der Waals surface area contributed by atoms with E-state index in [4.69, 9.17) is 4.74 Å². The van der Waals surface area contributed by atoms with Crippen molar-refractivity contribution in [2.24, 2.45) is 0 Å². The Labute approximate surface area is 183 Å². The van der Waals surface area contributed by atoms with Crippen molar-refractivity contribution in [1.82, 2.24) is 14.6 Å². The maximum Gasteiger partial charge on any atom is 0.338 e. The van der Waals surface area contributed by atoms with Crippen LogP contribution in [-0.4, -0.2) is 55.3 Å². The Morgan fingerprint density at radius 1 is 1.17 bits per heavy atom. The van der Waals surface area contributed by atoms with Crippen molar-refractivity contribution in [2.75, 3.05) is 19.7 Å². The largest absolute Gasteiger partial charge is 0.462 e. The summed E-state index contributed by atoms with van der Waals surface area (Å²) in [4.78, 5) is 28.1. The van der Waals surface area contributed by atoms with Gasteiger partial charge in [0.1, 0.15) is 0 Å². The van der Waals surface area contributed by atoms with Crippen LogP contribution < -0.4 is 5.32 Å². The zero-order valence-electron chi connectivity index (χ0n) is 16.4. The fraction of sp³-hybridized carbons (Fsp3) is 0.350. The molecule has 2 heterocycles. The van der Waals surface area contributed by atoms with Crippen molar-refractivity contribution in [1.29, 1.82) is 0 Å². The Morgan fingerprint density at radius 2 is 1.83 bits per heavy atom. The van der Waals surface area contributed by atoms with Crippen molar-refractivity contribution in [3.8, 4) is 0 Å². The van der Waals surface area contributed by atoms with Crippen molar-refractivity contribution in [3.63, 3.8) is 0 Å². The van der Waals surface area contributed by atoms with Gasteiger partial charge in [-0.05, 0) is 66.0 Å². The first kappa shape index (κ1) is 22.4. The number of nitrogens with zero attached hydrogens (tertiary/aromatic N) is 2. The number of ether oxygens (including phenoxy) is 1. The molecule has 0 aliphatic carbocycles. The van der Waals surface area contributed by atoms with Crippen LogP contribution in [0, 0.1) is 0 Å². The molecule has 10 heteroatoms. The molecule has 30 heavy (non-hydrogen) atoms. The minimum absolute atomic E-state index is 0.0924. The Hall–Kier alpha value is -2.30. The van der Waals surface area contributed by atoms with Crippen LogP contribution in [0.5, 0.6) is 0 Å². The summed E-state index contributed by atoms with van der Waals surface area (Å²) >= 11 is 3.26. The number of carbonyl (C=O) groups is 2. The number of benzene rings is 1. The zero-order chi connectivity index (χ0) is 21.7. The van der Waals surface area contributed by atoms with E-state index in [9.17, 15) is 18.0 Å². The number of nitrogens with one attached hydrogen (secondary N) is 1. The number of hydrogen-bond donors (Lipinski definition) is 1. The van der Waals surface area contributed by atoms with Crippen molar-refractivity contribution < 1.29 is 22.7 Å². The third-order valence-corrected chi connectivity index (χ3v) is 7.67. The summed E-state index contributed by atoms with van der Waals surface area (Å²) in [6, 6.07) is 7.46. The van der Waals surface area contributed by atoms with E-state index < -0.39 is 16.0 Å². The van der Waals surface area contributed by atoms with E-state index in [2.05, 4.69) is 26.2 Å². The molecular weight excluding hydrogens is 474 g/mol. The average molecular weight is 496 g/mol. The standard InChI is InChI=1S/C20H22BrN3O5S/c1-2-29-20(26)15-3-4-18(17(21)13-15)30(27,28)24-11-7-16(8-12-24)23-19(25)14-5-9-22-10-6-14/h3-6,9-10,13,16H,2,7-8,11-12H2,1H3,(H,23,25). The number of pyridine rings is 1. The number of carbonyl (C=O) groups excluding carboxylic acids is 2. The Balaban J connectivity index is 1.64. The fourth-order valence-electron chi connectivity index (χ4n) is 3.20. The van der Waals surface area contributed by atoms with Crippen LogP contribution in [0.2, 0.25) is 0 Å². The van der Waals surface area contributed by atoms with E-state index in [1.165, 1.54) is 22.5 Å². The Bertz CT molecular complexity index is 1020. The minimum atomic E-state index is -3.74. The third-order valence-electron chi connectivity index (χ3n) is 4.79. The molecule has 0 unspecified atom stereocenters. The monoisotopic (exact) mass is 495 g/mol. The highest BCUT2D eigenvalue weighted by Crippen LogP contribution is 2.28. The number of esters is 1. The second kappa shape index (κ2) is 9.67. The van der Waals surface area contributed by atoms with Gasteiger partial charge >= 0.3 is 5.97 Å². The van der Waals surface area contributed by atoms with E-state index in [1.807, 2.05) is 0 Å². The number of piperidine rings is 1. The minimum Gasteiger partial charge on any atom is -0.462 e. The Morgan fingerprint density at radius 3 is 2.43 bits per heavy atom. The quantitative estimate of drug-likeness (QED) is 0.617. The van der Waals surface area contributed by atoms with E-state index in [0.29, 0.717) is 22.9 Å². The van der Waals surface area contributed by atoms with E-state index >= 15 is 0 Å². The van der Waals surface area contributed by atoms with Gasteiger partial charge in [-0.1, -0.05) is 0 Å². The van der Waals surface area contributed by atoms with Gasteiger partial charge in [-0.25, -0.2) is 13.2 Å². The molecule has 1 aliphatic rings. The molecule has 0 atom stereocenters. The average Bonchev–Trinajstić information content (AvgIpc) is 2.74. The summed E-state index contributed by atoms with van der Waals surface area (Å²) in [5.41, 5.74) is 0.797. The normalized spacial score (nSPS) is 15.5. The smallest absolute Gasteiger partial charge is 0.338 e. The zero-order valence-corrected chi connectivity index (χ0v) is 18.8. The number of aromatic nitrogens is 1. The molecule has 160 valence electrons. The molecule has 1 amide bonds. The third kappa shape index (κ3) is 5.05.